The van der Waals surface area contributed by atoms with Crippen LogP contribution in [-0.2, 0) is 9.53 Å². The van der Waals surface area contributed by atoms with Crippen LogP contribution in [0, 0.1) is 0 Å². The first kappa shape index (κ1) is 14.0. The Kier molecular flexibility index (Phi) is 4.13. The van der Waals surface area contributed by atoms with Crippen molar-refractivity contribution in [3.8, 4) is 0 Å². The molecule has 0 bridgehead atoms. The van der Waals surface area contributed by atoms with E-state index in [9.17, 15) is 9.59 Å². The van der Waals surface area contributed by atoms with Crippen LogP contribution in [0.4, 0.5) is 5.69 Å². The Morgan fingerprint density at radius 2 is 2.00 bits per heavy atom. The second-order valence-electron chi connectivity index (χ2n) is 4.87. The number of carbonyl (C=O) groups is 2. The summed E-state index contributed by atoms with van der Waals surface area (Å²) in [7, 11) is 0. The Labute approximate surface area is 126 Å². The van der Waals surface area contributed by atoms with E-state index in [1.165, 1.54) is 11.3 Å². The third-order valence-electron chi connectivity index (χ3n) is 3.38. The molecule has 2 heterocycles. The van der Waals surface area contributed by atoms with Gasteiger partial charge in [-0.25, -0.2) is 0 Å². The summed E-state index contributed by atoms with van der Waals surface area (Å²) in [5.74, 6) is -0.119. The molecule has 4 nitrogen and oxygen atoms in total. The minimum absolute atomic E-state index is 0.00185. The molecule has 0 saturated carbocycles. The van der Waals surface area contributed by atoms with Gasteiger partial charge in [0.2, 0.25) is 5.78 Å². The van der Waals surface area contributed by atoms with Gasteiger partial charge in [0.05, 0.1) is 4.88 Å². The van der Waals surface area contributed by atoms with Crippen molar-refractivity contribution in [1.82, 2.24) is 0 Å². The third-order valence-corrected chi connectivity index (χ3v) is 4.25. The molecule has 1 atom stereocenters. The number of ether oxygens (including phenoxy) is 1. The molecule has 3 rings (SSSR count). The summed E-state index contributed by atoms with van der Waals surface area (Å²) in [6.45, 7) is 0.645. The fourth-order valence-electron chi connectivity index (χ4n) is 2.26. The molecular weight excluding hydrogens is 286 g/mol. The fraction of sp³-hybridized carbons (Fsp3) is 0.250. The van der Waals surface area contributed by atoms with Gasteiger partial charge < -0.3 is 10.1 Å². The Balaban J connectivity index is 1.66. The van der Waals surface area contributed by atoms with E-state index in [0.29, 0.717) is 22.7 Å². The first-order valence-corrected chi connectivity index (χ1v) is 7.73. The SMILES string of the molecule is O=C(c1ccc(NC(=O)[C@@H]2CCCO2)cc1)c1cccs1. The van der Waals surface area contributed by atoms with Gasteiger partial charge in [-0.2, -0.15) is 0 Å². The molecule has 0 radical (unpaired) electrons. The molecule has 1 aliphatic rings. The van der Waals surface area contributed by atoms with E-state index in [1.54, 1.807) is 30.3 Å². The van der Waals surface area contributed by atoms with Gasteiger partial charge in [-0.05, 0) is 48.6 Å². The molecule has 5 heteroatoms. The molecule has 0 unspecified atom stereocenters. The van der Waals surface area contributed by atoms with E-state index in [0.717, 1.165) is 12.8 Å². The highest BCUT2D eigenvalue weighted by Crippen LogP contribution is 2.18. The van der Waals surface area contributed by atoms with E-state index in [1.807, 2.05) is 11.4 Å². The van der Waals surface area contributed by atoms with Crippen LogP contribution in [0.3, 0.4) is 0 Å². The van der Waals surface area contributed by atoms with Gasteiger partial charge in [-0.1, -0.05) is 6.07 Å². The van der Waals surface area contributed by atoms with Crippen LogP contribution in [0.5, 0.6) is 0 Å². The van der Waals surface area contributed by atoms with Gasteiger partial charge in [-0.15, -0.1) is 11.3 Å². The number of hydrogen-bond donors (Lipinski definition) is 1. The van der Waals surface area contributed by atoms with Gasteiger partial charge in [0.1, 0.15) is 6.10 Å². The number of anilines is 1. The number of hydrogen-bond acceptors (Lipinski definition) is 4. The molecule has 1 aromatic carbocycles. The van der Waals surface area contributed by atoms with Crippen molar-refractivity contribution in [1.29, 1.82) is 0 Å². The first-order valence-electron chi connectivity index (χ1n) is 6.85. The van der Waals surface area contributed by atoms with E-state index < -0.39 is 0 Å². The van der Waals surface area contributed by atoms with E-state index in [4.69, 9.17) is 4.74 Å². The Morgan fingerprint density at radius 3 is 2.62 bits per heavy atom. The number of ketones is 1. The molecule has 21 heavy (non-hydrogen) atoms. The van der Waals surface area contributed by atoms with Crippen molar-refractivity contribution in [3.63, 3.8) is 0 Å². The summed E-state index contributed by atoms with van der Waals surface area (Å²) in [5, 5.41) is 4.69. The molecule has 1 saturated heterocycles. The van der Waals surface area contributed by atoms with Crippen molar-refractivity contribution in [2.45, 2.75) is 18.9 Å². The maximum atomic E-state index is 12.2. The molecule has 1 amide bonds. The Morgan fingerprint density at radius 1 is 1.19 bits per heavy atom. The molecule has 1 N–H and O–H groups in total. The topological polar surface area (TPSA) is 55.4 Å². The Bertz CT molecular complexity index is 628. The highest BCUT2D eigenvalue weighted by atomic mass is 32.1. The van der Waals surface area contributed by atoms with Crippen LogP contribution >= 0.6 is 11.3 Å². The van der Waals surface area contributed by atoms with Crippen LogP contribution in [0.15, 0.2) is 41.8 Å². The van der Waals surface area contributed by atoms with Crippen molar-refractivity contribution < 1.29 is 14.3 Å². The van der Waals surface area contributed by atoms with Gasteiger partial charge in [0, 0.05) is 17.9 Å². The van der Waals surface area contributed by atoms with Crippen molar-refractivity contribution in [2.75, 3.05) is 11.9 Å². The van der Waals surface area contributed by atoms with Crippen LogP contribution < -0.4 is 5.32 Å². The Hall–Kier alpha value is -1.98. The number of thiophene rings is 1. The quantitative estimate of drug-likeness (QED) is 0.883. The molecule has 1 aromatic heterocycles. The summed E-state index contributed by atoms with van der Waals surface area (Å²) in [6, 6.07) is 10.6. The summed E-state index contributed by atoms with van der Waals surface area (Å²) in [5.41, 5.74) is 1.30. The van der Waals surface area contributed by atoms with E-state index in [2.05, 4.69) is 5.32 Å². The highest BCUT2D eigenvalue weighted by Gasteiger charge is 2.23. The van der Waals surface area contributed by atoms with E-state index in [-0.39, 0.29) is 17.8 Å². The zero-order valence-corrected chi connectivity index (χ0v) is 12.2. The van der Waals surface area contributed by atoms with Crippen LogP contribution in [-0.4, -0.2) is 24.4 Å². The van der Waals surface area contributed by atoms with Gasteiger partial charge in [-0.3, -0.25) is 9.59 Å². The summed E-state index contributed by atoms with van der Waals surface area (Å²) >= 11 is 1.42. The molecule has 1 fully saturated rings. The average Bonchev–Trinajstić information content (AvgIpc) is 3.20. The number of carbonyl (C=O) groups excluding carboxylic acids is 2. The number of amides is 1. The predicted molar refractivity (Wildman–Crippen MR) is 81.8 cm³/mol. The smallest absolute Gasteiger partial charge is 0.253 e. The van der Waals surface area contributed by atoms with Gasteiger partial charge in [0.25, 0.3) is 5.91 Å². The molecule has 108 valence electrons. The lowest BCUT2D eigenvalue weighted by atomic mass is 10.1. The zero-order valence-electron chi connectivity index (χ0n) is 11.4. The average molecular weight is 301 g/mol. The van der Waals surface area contributed by atoms with E-state index >= 15 is 0 Å². The summed E-state index contributed by atoms with van der Waals surface area (Å²) in [6.07, 6.45) is 1.34. The monoisotopic (exact) mass is 301 g/mol. The number of nitrogens with one attached hydrogen (secondary N) is 1. The summed E-state index contributed by atoms with van der Waals surface area (Å²) in [4.78, 5) is 24.8. The van der Waals surface area contributed by atoms with Gasteiger partial charge >= 0.3 is 0 Å². The summed E-state index contributed by atoms with van der Waals surface area (Å²) < 4.78 is 5.33. The van der Waals surface area contributed by atoms with Crippen LogP contribution in [0.2, 0.25) is 0 Å². The minimum Gasteiger partial charge on any atom is -0.368 e. The second kappa shape index (κ2) is 6.20. The molecule has 0 aliphatic carbocycles. The largest absolute Gasteiger partial charge is 0.368 e. The predicted octanol–water partition coefficient (Wildman–Crippen LogP) is 3.10. The maximum absolute atomic E-state index is 12.2. The van der Waals surface area contributed by atoms with Gasteiger partial charge in [0.15, 0.2) is 0 Å². The lowest BCUT2D eigenvalue weighted by Crippen LogP contribution is -2.26. The minimum atomic E-state index is -0.350. The maximum Gasteiger partial charge on any atom is 0.253 e. The lowest BCUT2D eigenvalue weighted by molar-refractivity contribution is -0.124. The molecule has 0 spiro atoms. The molecular formula is C16H15NO3S. The van der Waals surface area contributed by atoms with Crippen LogP contribution in [0.25, 0.3) is 0 Å². The van der Waals surface area contributed by atoms with Crippen molar-refractivity contribution in [2.24, 2.45) is 0 Å². The number of rotatable bonds is 4. The lowest BCUT2D eigenvalue weighted by Gasteiger charge is -2.10. The molecule has 1 aliphatic heterocycles. The first-order chi connectivity index (χ1) is 10.2. The highest BCUT2D eigenvalue weighted by molar-refractivity contribution is 7.12. The fourth-order valence-corrected chi connectivity index (χ4v) is 2.95. The van der Waals surface area contributed by atoms with Crippen molar-refractivity contribution in [3.05, 3.63) is 52.2 Å². The van der Waals surface area contributed by atoms with Crippen molar-refractivity contribution >= 4 is 28.7 Å². The normalized spacial score (nSPS) is 17.6. The second-order valence-corrected chi connectivity index (χ2v) is 5.82. The molecule has 2 aromatic rings. The van der Waals surface area contributed by atoms with Crippen LogP contribution in [0.1, 0.15) is 28.1 Å². The number of benzene rings is 1. The standard InChI is InChI=1S/C16H15NO3S/c18-15(14-4-2-10-21-14)11-5-7-12(8-6-11)17-16(19)13-3-1-9-20-13/h2,4-8,10,13H,1,3,9H2,(H,17,19)/t13-/m0/s1. The third kappa shape index (κ3) is 3.20. The zero-order chi connectivity index (χ0) is 14.7.